The van der Waals surface area contributed by atoms with Crippen molar-refractivity contribution in [2.75, 3.05) is 7.11 Å². The predicted molar refractivity (Wildman–Crippen MR) is 128 cm³/mol. The van der Waals surface area contributed by atoms with Crippen LogP contribution in [0.4, 0.5) is 0 Å². The van der Waals surface area contributed by atoms with E-state index in [1.165, 1.54) is 0 Å². The summed E-state index contributed by atoms with van der Waals surface area (Å²) in [5.41, 5.74) is 6.61. The van der Waals surface area contributed by atoms with E-state index in [0.29, 0.717) is 28.5 Å². The molecule has 0 spiro atoms. The number of nitrogens with zero attached hydrogens (tertiary/aromatic N) is 3. The first-order chi connectivity index (χ1) is 16.0. The van der Waals surface area contributed by atoms with Crippen LogP contribution in [0.3, 0.4) is 0 Å². The van der Waals surface area contributed by atoms with Gasteiger partial charge in [0.1, 0.15) is 18.5 Å². The Morgan fingerprint density at radius 3 is 2.58 bits per heavy atom. The van der Waals surface area contributed by atoms with E-state index in [0.717, 1.165) is 33.3 Å². The summed E-state index contributed by atoms with van der Waals surface area (Å²) in [6, 6.07) is 21.2. The second kappa shape index (κ2) is 9.30. The number of aromatic nitrogens is 2. The van der Waals surface area contributed by atoms with Gasteiger partial charge in [0.25, 0.3) is 0 Å². The Kier molecular flexibility index (Phi) is 6.11. The summed E-state index contributed by atoms with van der Waals surface area (Å²) >= 11 is 0. The largest absolute Gasteiger partial charge is 0.493 e. The molecule has 0 atom stereocenters. The smallest absolute Gasteiger partial charge is 0.161 e. The minimum atomic E-state index is 0.247. The standard InChI is InChI=1S/C27H22N4O2/c1-17-10-23-24(11-18(17)2)31-27(30-23)22(15-29)12-19-8-9-25(26(13-19)32-3)33-16-21-7-5-4-6-20(21)14-28/h4-13H,16H2,1-3H3,(H,30,31)/b22-12-. The third-order valence-electron chi connectivity index (χ3n) is 5.49. The maximum absolute atomic E-state index is 9.76. The monoisotopic (exact) mass is 434 g/mol. The van der Waals surface area contributed by atoms with Crippen LogP contribution in [0.2, 0.25) is 0 Å². The van der Waals surface area contributed by atoms with E-state index < -0.39 is 0 Å². The number of H-pyrrole nitrogens is 1. The highest BCUT2D eigenvalue weighted by molar-refractivity contribution is 5.90. The van der Waals surface area contributed by atoms with Gasteiger partial charge in [-0.2, -0.15) is 10.5 Å². The first-order valence-corrected chi connectivity index (χ1v) is 10.4. The van der Waals surface area contributed by atoms with Crippen molar-refractivity contribution >= 4 is 22.7 Å². The molecule has 0 saturated heterocycles. The van der Waals surface area contributed by atoms with Gasteiger partial charge < -0.3 is 14.5 Å². The number of rotatable bonds is 6. The molecule has 6 nitrogen and oxygen atoms in total. The van der Waals surface area contributed by atoms with E-state index in [-0.39, 0.29) is 6.61 Å². The van der Waals surface area contributed by atoms with Crippen LogP contribution in [0.1, 0.15) is 33.6 Å². The van der Waals surface area contributed by atoms with Gasteiger partial charge in [-0.3, -0.25) is 0 Å². The van der Waals surface area contributed by atoms with Crippen LogP contribution >= 0.6 is 0 Å². The van der Waals surface area contributed by atoms with E-state index in [1.807, 2.05) is 50.2 Å². The maximum Gasteiger partial charge on any atom is 0.161 e. The molecule has 1 aromatic heterocycles. The second-order valence-electron chi connectivity index (χ2n) is 7.68. The molecule has 4 aromatic rings. The van der Waals surface area contributed by atoms with E-state index in [2.05, 4.69) is 22.1 Å². The van der Waals surface area contributed by atoms with Gasteiger partial charge in [-0.25, -0.2) is 4.98 Å². The summed E-state index contributed by atoms with van der Waals surface area (Å²) in [7, 11) is 1.56. The molecular formula is C27H22N4O2. The summed E-state index contributed by atoms with van der Waals surface area (Å²) in [6.07, 6.45) is 1.76. The maximum atomic E-state index is 9.76. The molecule has 0 aliphatic rings. The molecule has 3 aromatic carbocycles. The van der Waals surface area contributed by atoms with Gasteiger partial charge in [-0.15, -0.1) is 0 Å². The molecule has 0 aliphatic carbocycles. The minimum absolute atomic E-state index is 0.247. The molecule has 1 N–H and O–H groups in total. The molecule has 162 valence electrons. The zero-order chi connectivity index (χ0) is 23.4. The lowest BCUT2D eigenvalue weighted by Gasteiger charge is -2.12. The fourth-order valence-electron chi connectivity index (χ4n) is 3.52. The van der Waals surface area contributed by atoms with Crippen molar-refractivity contribution < 1.29 is 9.47 Å². The predicted octanol–water partition coefficient (Wildman–Crippen LogP) is 5.70. The minimum Gasteiger partial charge on any atom is -0.493 e. The third-order valence-corrected chi connectivity index (χ3v) is 5.49. The van der Waals surface area contributed by atoms with Crippen molar-refractivity contribution in [2.45, 2.75) is 20.5 Å². The molecule has 0 amide bonds. The fraction of sp³-hybridized carbons (Fsp3) is 0.148. The van der Waals surface area contributed by atoms with Gasteiger partial charge in [0.15, 0.2) is 11.5 Å². The van der Waals surface area contributed by atoms with Crippen molar-refractivity contribution in [1.29, 1.82) is 10.5 Å². The van der Waals surface area contributed by atoms with Gasteiger partial charge in [0.05, 0.1) is 35.3 Å². The van der Waals surface area contributed by atoms with Gasteiger partial charge in [0.2, 0.25) is 0 Å². The first kappa shape index (κ1) is 21.7. The van der Waals surface area contributed by atoms with E-state index >= 15 is 0 Å². The normalized spacial score (nSPS) is 11.1. The lowest BCUT2D eigenvalue weighted by molar-refractivity contribution is 0.284. The lowest BCUT2D eigenvalue weighted by Crippen LogP contribution is -2.00. The Bertz CT molecular complexity index is 1410. The molecule has 6 heteroatoms. The molecule has 33 heavy (non-hydrogen) atoms. The Balaban J connectivity index is 1.61. The summed E-state index contributed by atoms with van der Waals surface area (Å²) in [6.45, 7) is 4.33. The number of hydrogen-bond acceptors (Lipinski definition) is 5. The highest BCUT2D eigenvalue weighted by atomic mass is 16.5. The number of nitriles is 2. The Morgan fingerprint density at radius 2 is 1.82 bits per heavy atom. The molecular weight excluding hydrogens is 412 g/mol. The SMILES string of the molecule is COc1cc(/C=C(/C#N)c2nc3cc(C)c(C)cc3[nH]2)ccc1OCc1ccccc1C#N. The Morgan fingerprint density at radius 1 is 1.03 bits per heavy atom. The topological polar surface area (TPSA) is 94.7 Å². The number of aromatic amines is 1. The van der Waals surface area contributed by atoms with Gasteiger partial charge in [-0.05, 0) is 66.9 Å². The van der Waals surface area contributed by atoms with Crippen LogP contribution < -0.4 is 9.47 Å². The lowest BCUT2D eigenvalue weighted by atomic mass is 10.1. The summed E-state index contributed by atoms with van der Waals surface area (Å²) < 4.78 is 11.4. The number of benzene rings is 3. The number of allylic oxidation sites excluding steroid dienone is 1. The van der Waals surface area contributed by atoms with Crippen LogP contribution in [0.5, 0.6) is 11.5 Å². The highest BCUT2D eigenvalue weighted by Gasteiger charge is 2.11. The first-order valence-electron chi connectivity index (χ1n) is 10.4. The molecule has 0 aliphatic heterocycles. The highest BCUT2D eigenvalue weighted by Crippen LogP contribution is 2.31. The zero-order valence-corrected chi connectivity index (χ0v) is 18.6. The number of methoxy groups -OCH3 is 1. The number of aryl methyl sites for hydroxylation is 2. The van der Waals surface area contributed by atoms with E-state index in [4.69, 9.17) is 9.47 Å². The average molecular weight is 434 g/mol. The number of ether oxygens (including phenoxy) is 2. The van der Waals surface area contributed by atoms with E-state index in [1.54, 1.807) is 31.4 Å². The molecule has 0 unspecified atom stereocenters. The van der Waals surface area contributed by atoms with Crippen molar-refractivity contribution in [3.8, 4) is 23.6 Å². The van der Waals surface area contributed by atoms with Crippen LogP contribution in [0.15, 0.2) is 54.6 Å². The van der Waals surface area contributed by atoms with E-state index in [9.17, 15) is 10.5 Å². The van der Waals surface area contributed by atoms with Crippen molar-refractivity contribution in [3.05, 3.63) is 88.2 Å². The molecule has 1 heterocycles. The molecule has 4 rings (SSSR count). The molecule has 0 bridgehead atoms. The summed E-state index contributed by atoms with van der Waals surface area (Å²) in [4.78, 5) is 7.83. The van der Waals surface area contributed by atoms with Crippen LogP contribution in [-0.4, -0.2) is 17.1 Å². The Hall–Kier alpha value is -4.55. The number of nitrogens with one attached hydrogen (secondary N) is 1. The average Bonchev–Trinajstić information content (AvgIpc) is 3.24. The van der Waals surface area contributed by atoms with Gasteiger partial charge in [-0.1, -0.05) is 24.3 Å². The number of fused-ring (bicyclic) bond motifs is 1. The molecule has 0 fully saturated rings. The Labute approximate surface area is 192 Å². The van der Waals surface area contributed by atoms with Gasteiger partial charge in [0, 0.05) is 5.56 Å². The number of hydrogen-bond donors (Lipinski definition) is 1. The van der Waals surface area contributed by atoms with Crippen molar-refractivity contribution in [1.82, 2.24) is 9.97 Å². The second-order valence-corrected chi connectivity index (χ2v) is 7.68. The zero-order valence-electron chi connectivity index (χ0n) is 18.6. The molecule has 0 radical (unpaired) electrons. The summed E-state index contributed by atoms with van der Waals surface area (Å²) in [5.74, 6) is 1.60. The van der Waals surface area contributed by atoms with Crippen molar-refractivity contribution in [3.63, 3.8) is 0 Å². The summed E-state index contributed by atoms with van der Waals surface area (Å²) in [5, 5.41) is 19.0. The van der Waals surface area contributed by atoms with Crippen LogP contribution in [-0.2, 0) is 6.61 Å². The van der Waals surface area contributed by atoms with Crippen LogP contribution in [0.25, 0.3) is 22.7 Å². The molecule has 0 saturated carbocycles. The van der Waals surface area contributed by atoms with Crippen molar-refractivity contribution in [2.24, 2.45) is 0 Å². The third kappa shape index (κ3) is 4.56. The van der Waals surface area contributed by atoms with Crippen LogP contribution in [0, 0.1) is 36.5 Å². The van der Waals surface area contributed by atoms with Gasteiger partial charge >= 0.3 is 0 Å². The number of imidazole rings is 1. The fourth-order valence-corrected chi connectivity index (χ4v) is 3.52. The quantitative estimate of drug-likeness (QED) is 0.393.